The number of rotatable bonds is 7. The Morgan fingerprint density at radius 2 is 1.76 bits per heavy atom. The van der Waals surface area contributed by atoms with Crippen molar-refractivity contribution >= 4 is 23.7 Å². The molecule has 2 fully saturated rings. The van der Waals surface area contributed by atoms with Gasteiger partial charge in [0.1, 0.15) is 17.8 Å². The lowest BCUT2D eigenvalue weighted by Crippen LogP contribution is -2.86. The van der Waals surface area contributed by atoms with Crippen molar-refractivity contribution in [2.75, 3.05) is 46.9 Å². The van der Waals surface area contributed by atoms with Crippen molar-refractivity contribution in [3.8, 4) is 5.75 Å². The number of ether oxygens (including phenoxy) is 2. The van der Waals surface area contributed by atoms with E-state index in [1.54, 1.807) is 29.0 Å². The van der Waals surface area contributed by atoms with Gasteiger partial charge in [-0.05, 0) is 17.7 Å². The fourth-order valence-electron chi connectivity index (χ4n) is 4.57. The van der Waals surface area contributed by atoms with Crippen LogP contribution in [-0.2, 0) is 30.3 Å². The molecular formula is C24H35N4O6+. The summed E-state index contributed by atoms with van der Waals surface area (Å²) >= 11 is 0. The van der Waals surface area contributed by atoms with Crippen LogP contribution >= 0.6 is 0 Å². The molecule has 34 heavy (non-hydrogen) atoms. The standard InChI is InChI=1S/C24H34N4O6/c1-16(29)27-12-13-28(23(31)18-8-10-25-11-9-18)21(15-27)22(30)26-20(24(32)34-3)14-17-4-6-19(33-2)7-5-17/h4-7,18,20-21,25H,8-15H2,1-3H3,(H,26,30)/p+1/t20-,21+/m0/s1. The van der Waals surface area contributed by atoms with E-state index in [9.17, 15) is 19.2 Å². The van der Waals surface area contributed by atoms with Crippen molar-refractivity contribution in [3.05, 3.63) is 29.8 Å². The summed E-state index contributed by atoms with van der Waals surface area (Å²) in [6, 6.07) is 5.39. The molecule has 0 aliphatic carbocycles. The predicted octanol–water partition coefficient (Wildman–Crippen LogP) is -1.07. The maximum absolute atomic E-state index is 13.4. The third-order valence-electron chi connectivity index (χ3n) is 6.60. The highest BCUT2D eigenvalue weighted by atomic mass is 16.5. The van der Waals surface area contributed by atoms with Gasteiger partial charge < -0.3 is 29.9 Å². The van der Waals surface area contributed by atoms with Crippen LogP contribution < -0.4 is 15.4 Å². The van der Waals surface area contributed by atoms with Crippen LogP contribution in [0.15, 0.2) is 24.3 Å². The highest BCUT2D eigenvalue weighted by Gasteiger charge is 2.40. The van der Waals surface area contributed by atoms with Gasteiger partial charge in [0.15, 0.2) is 0 Å². The zero-order valence-electron chi connectivity index (χ0n) is 20.1. The second kappa shape index (κ2) is 11.8. The number of benzene rings is 1. The number of hydrogen-bond acceptors (Lipinski definition) is 6. The van der Waals surface area contributed by atoms with E-state index in [0.29, 0.717) is 12.3 Å². The van der Waals surface area contributed by atoms with Gasteiger partial charge in [-0.3, -0.25) is 14.4 Å². The molecule has 3 amide bonds. The van der Waals surface area contributed by atoms with E-state index in [-0.39, 0.29) is 37.2 Å². The number of piperidine rings is 1. The van der Waals surface area contributed by atoms with Crippen molar-refractivity contribution in [2.45, 2.75) is 38.3 Å². The Bertz CT molecular complexity index is 884. The van der Waals surface area contributed by atoms with Crippen LogP contribution in [0.2, 0.25) is 0 Å². The lowest BCUT2D eigenvalue weighted by Gasteiger charge is -2.42. The first kappa shape index (κ1) is 25.5. The number of nitrogens with one attached hydrogen (secondary N) is 1. The van der Waals surface area contributed by atoms with Gasteiger partial charge >= 0.3 is 5.97 Å². The third-order valence-corrected chi connectivity index (χ3v) is 6.60. The summed E-state index contributed by atoms with van der Waals surface area (Å²) in [5.74, 6) is -0.695. The van der Waals surface area contributed by atoms with Crippen LogP contribution in [0.4, 0.5) is 0 Å². The average Bonchev–Trinajstić information content (AvgIpc) is 2.87. The summed E-state index contributed by atoms with van der Waals surface area (Å²) in [5, 5.41) is 4.96. The molecular weight excluding hydrogens is 440 g/mol. The summed E-state index contributed by atoms with van der Waals surface area (Å²) in [5.41, 5.74) is 0.817. The highest BCUT2D eigenvalue weighted by Crippen LogP contribution is 2.20. The molecule has 3 N–H and O–H groups in total. The van der Waals surface area contributed by atoms with Gasteiger partial charge in [0.2, 0.25) is 17.7 Å². The van der Waals surface area contributed by atoms with Crippen LogP contribution in [0.25, 0.3) is 0 Å². The van der Waals surface area contributed by atoms with E-state index >= 15 is 0 Å². The van der Waals surface area contributed by atoms with E-state index in [4.69, 9.17) is 9.47 Å². The number of carbonyl (C=O) groups is 4. The minimum Gasteiger partial charge on any atom is -0.497 e. The second-order valence-electron chi connectivity index (χ2n) is 8.79. The molecule has 2 atom stereocenters. The van der Waals surface area contributed by atoms with Crippen molar-refractivity contribution in [1.82, 2.24) is 15.1 Å². The summed E-state index contributed by atoms with van der Waals surface area (Å²) in [6.07, 6.45) is 1.75. The molecule has 0 radical (unpaired) electrons. The van der Waals surface area contributed by atoms with Gasteiger partial charge in [0.25, 0.3) is 0 Å². The van der Waals surface area contributed by atoms with Crippen LogP contribution in [0.5, 0.6) is 5.75 Å². The average molecular weight is 476 g/mol. The first-order chi connectivity index (χ1) is 16.3. The number of hydrogen-bond donors (Lipinski definition) is 2. The van der Waals surface area contributed by atoms with E-state index in [1.165, 1.54) is 14.0 Å². The molecule has 0 spiro atoms. The molecule has 10 heteroatoms. The lowest BCUT2D eigenvalue weighted by molar-refractivity contribution is -0.664. The van der Waals surface area contributed by atoms with Crippen LogP contribution in [-0.4, -0.2) is 92.5 Å². The van der Waals surface area contributed by atoms with E-state index in [0.717, 1.165) is 31.5 Å². The number of nitrogens with two attached hydrogens (primary N) is 1. The summed E-state index contributed by atoms with van der Waals surface area (Å²) in [6.45, 7) is 3.99. The Labute approximate surface area is 199 Å². The lowest BCUT2D eigenvalue weighted by atomic mass is 9.95. The Kier molecular flexibility index (Phi) is 8.86. The second-order valence-corrected chi connectivity index (χ2v) is 8.79. The Morgan fingerprint density at radius 1 is 1.09 bits per heavy atom. The van der Waals surface area contributed by atoms with Gasteiger partial charge in [0, 0.05) is 45.2 Å². The van der Waals surface area contributed by atoms with Crippen molar-refractivity contribution < 1.29 is 34.0 Å². The zero-order chi connectivity index (χ0) is 24.7. The quantitative estimate of drug-likeness (QED) is 0.485. The molecule has 1 aromatic carbocycles. The SMILES string of the molecule is COC(=O)[C@H](Cc1ccc(OC)cc1)NC(=O)[C@H]1CN(C(C)=O)CCN1C(=O)C1CC[NH2+]CC1. The number of methoxy groups -OCH3 is 2. The molecule has 186 valence electrons. The van der Waals surface area contributed by atoms with Gasteiger partial charge in [-0.1, -0.05) is 12.1 Å². The molecule has 2 saturated heterocycles. The van der Waals surface area contributed by atoms with Crippen molar-refractivity contribution in [2.24, 2.45) is 5.92 Å². The van der Waals surface area contributed by atoms with Crippen LogP contribution in [0.3, 0.4) is 0 Å². The van der Waals surface area contributed by atoms with Crippen LogP contribution in [0, 0.1) is 5.92 Å². The third kappa shape index (κ3) is 6.25. The Balaban J connectivity index is 1.77. The minimum atomic E-state index is -0.931. The Morgan fingerprint density at radius 3 is 2.35 bits per heavy atom. The molecule has 0 unspecified atom stereocenters. The summed E-state index contributed by atoms with van der Waals surface area (Å²) in [7, 11) is 2.84. The number of quaternary nitrogens is 1. The molecule has 0 saturated carbocycles. The number of esters is 1. The van der Waals surface area contributed by atoms with Crippen LogP contribution in [0.1, 0.15) is 25.3 Å². The van der Waals surface area contributed by atoms with E-state index < -0.39 is 24.0 Å². The molecule has 3 rings (SSSR count). The van der Waals surface area contributed by atoms with E-state index in [1.807, 2.05) is 12.1 Å². The number of carbonyl (C=O) groups excluding carboxylic acids is 4. The molecule has 10 nitrogen and oxygen atoms in total. The summed E-state index contributed by atoms with van der Waals surface area (Å²) in [4.78, 5) is 54.4. The minimum absolute atomic E-state index is 0.0544. The zero-order valence-corrected chi connectivity index (χ0v) is 20.1. The van der Waals surface area contributed by atoms with Gasteiger partial charge in [-0.2, -0.15) is 0 Å². The largest absolute Gasteiger partial charge is 0.497 e. The molecule has 2 heterocycles. The number of amides is 3. The Hall–Kier alpha value is -3.14. The number of nitrogens with zero attached hydrogens (tertiary/aromatic N) is 2. The maximum Gasteiger partial charge on any atom is 0.328 e. The van der Waals surface area contributed by atoms with Crippen molar-refractivity contribution in [1.29, 1.82) is 0 Å². The first-order valence-electron chi connectivity index (χ1n) is 11.7. The fourth-order valence-corrected chi connectivity index (χ4v) is 4.57. The molecule has 0 aromatic heterocycles. The molecule has 1 aromatic rings. The predicted molar refractivity (Wildman–Crippen MR) is 123 cm³/mol. The highest BCUT2D eigenvalue weighted by molar-refractivity contribution is 5.92. The van der Waals surface area contributed by atoms with Gasteiger partial charge in [-0.15, -0.1) is 0 Å². The molecule has 2 aliphatic rings. The summed E-state index contributed by atoms with van der Waals surface area (Å²) < 4.78 is 10.1. The number of piperazine rings is 1. The molecule has 0 bridgehead atoms. The maximum atomic E-state index is 13.4. The monoisotopic (exact) mass is 475 g/mol. The van der Waals surface area contributed by atoms with E-state index in [2.05, 4.69) is 10.6 Å². The molecule has 2 aliphatic heterocycles. The topological polar surface area (TPSA) is 122 Å². The van der Waals surface area contributed by atoms with Crippen molar-refractivity contribution in [3.63, 3.8) is 0 Å². The normalized spacial score (nSPS) is 19.8. The smallest absolute Gasteiger partial charge is 0.328 e. The van der Waals surface area contributed by atoms with Gasteiger partial charge in [0.05, 0.1) is 33.9 Å². The van der Waals surface area contributed by atoms with Gasteiger partial charge in [-0.25, -0.2) is 4.79 Å². The first-order valence-corrected chi connectivity index (χ1v) is 11.7. The fraction of sp³-hybridized carbons (Fsp3) is 0.583.